The van der Waals surface area contributed by atoms with Crippen molar-refractivity contribution >= 4 is 5.91 Å². The van der Waals surface area contributed by atoms with E-state index in [9.17, 15) is 9.18 Å². The topological polar surface area (TPSA) is 20.3 Å². The van der Waals surface area contributed by atoms with Gasteiger partial charge < -0.3 is 4.90 Å². The molecule has 0 bridgehead atoms. The van der Waals surface area contributed by atoms with Crippen LogP contribution in [0.2, 0.25) is 0 Å². The maximum atomic E-state index is 13.9. The summed E-state index contributed by atoms with van der Waals surface area (Å²) >= 11 is 0. The molecule has 0 radical (unpaired) electrons. The Morgan fingerprint density at radius 3 is 2.58 bits per heavy atom. The number of carbonyl (C=O) groups excluding carboxylic acids is 1. The van der Waals surface area contributed by atoms with Gasteiger partial charge in [-0.3, -0.25) is 4.79 Å². The standard InChI is InChI=1S/C21H22FNO/c1-2-13-23(14-12-16-8-4-3-5-9-16)21(24)19-15-18(19)17-10-6-7-11-20(17)22/h2-11,18-19H,1,12-15H2. The van der Waals surface area contributed by atoms with Gasteiger partial charge in [-0.15, -0.1) is 6.58 Å². The Morgan fingerprint density at radius 2 is 1.88 bits per heavy atom. The zero-order valence-electron chi connectivity index (χ0n) is 13.7. The predicted octanol–water partition coefficient (Wildman–Crippen LogP) is 4.19. The summed E-state index contributed by atoms with van der Waals surface area (Å²) in [5.74, 6) is -0.184. The van der Waals surface area contributed by atoms with Crippen molar-refractivity contribution in [1.29, 1.82) is 0 Å². The first kappa shape index (κ1) is 16.4. The fourth-order valence-electron chi connectivity index (χ4n) is 3.18. The fraction of sp³-hybridized carbons (Fsp3) is 0.286. The number of carbonyl (C=O) groups is 1. The summed E-state index contributed by atoms with van der Waals surface area (Å²) in [6, 6.07) is 16.9. The molecular formula is C21H22FNO. The smallest absolute Gasteiger partial charge is 0.226 e. The van der Waals surface area contributed by atoms with Crippen molar-refractivity contribution in [2.24, 2.45) is 5.92 Å². The van der Waals surface area contributed by atoms with E-state index in [0.29, 0.717) is 18.7 Å². The minimum Gasteiger partial charge on any atom is -0.338 e. The summed E-state index contributed by atoms with van der Waals surface area (Å²) < 4.78 is 13.9. The quantitative estimate of drug-likeness (QED) is 0.700. The highest BCUT2D eigenvalue weighted by Crippen LogP contribution is 2.49. The van der Waals surface area contributed by atoms with Crippen molar-refractivity contribution in [2.75, 3.05) is 13.1 Å². The molecule has 2 nitrogen and oxygen atoms in total. The molecule has 1 amide bonds. The van der Waals surface area contributed by atoms with Crippen molar-refractivity contribution in [3.63, 3.8) is 0 Å². The van der Waals surface area contributed by atoms with E-state index in [4.69, 9.17) is 0 Å². The Balaban J connectivity index is 1.63. The van der Waals surface area contributed by atoms with Crippen LogP contribution in [0.3, 0.4) is 0 Å². The zero-order valence-corrected chi connectivity index (χ0v) is 13.7. The van der Waals surface area contributed by atoms with Crippen LogP contribution in [0.5, 0.6) is 0 Å². The highest BCUT2D eigenvalue weighted by molar-refractivity contribution is 5.83. The summed E-state index contributed by atoms with van der Waals surface area (Å²) in [5, 5.41) is 0. The molecule has 1 aliphatic rings. The summed E-state index contributed by atoms with van der Waals surface area (Å²) in [7, 11) is 0. The summed E-state index contributed by atoms with van der Waals surface area (Å²) in [6.45, 7) is 4.95. The van der Waals surface area contributed by atoms with Gasteiger partial charge in [0.05, 0.1) is 0 Å². The Labute approximate surface area is 142 Å². The van der Waals surface area contributed by atoms with Crippen molar-refractivity contribution in [3.8, 4) is 0 Å². The highest BCUT2D eigenvalue weighted by Gasteiger charge is 2.46. The predicted molar refractivity (Wildman–Crippen MR) is 94.2 cm³/mol. The van der Waals surface area contributed by atoms with Crippen molar-refractivity contribution in [1.82, 2.24) is 4.90 Å². The van der Waals surface area contributed by atoms with Crippen LogP contribution in [0.15, 0.2) is 67.3 Å². The van der Waals surface area contributed by atoms with Crippen molar-refractivity contribution < 1.29 is 9.18 Å². The van der Waals surface area contributed by atoms with E-state index in [-0.39, 0.29) is 23.6 Å². The maximum absolute atomic E-state index is 13.9. The van der Waals surface area contributed by atoms with E-state index in [0.717, 1.165) is 12.8 Å². The van der Waals surface area contributed by atoms with Gasteiger partial charge in [-0.05, 0) is 36.0 Å². The second-order valence-electron chi connectivity index (χ2n) is 6.28. The second-order valence-corrected chi connectivity index (χ2v) is 6.28. The van der Waals surface area contributed by atoms with E-state index in [1.807, 2.05) is 29.2 Å². The minimum atomic E-state index is -0.211. The first-order valence-electron chi connectivity index (χ1n) is 8.38. The lowest BCUT2D eigenvalue weighted by atomic mass is 10.1. The highest BCUT2D eigenvalue weighted by atomic mass is 19.1. The molecule has 1 fully saturated rings. The van der Waals surface area contributed by atoms with Gasteiger partial charge in [0.25, 0.3) is 0 Å². The molecule has 0 saturated heterocycles. The molecule has 3 rings (SSSR count). The molecule has 2 unspecified atom stereocenters. The number of halogens is 1. The van der Waals surface area contributed by atoms with Gasteiger partial charge in [0.15, 0.2) is 0 Å². The monoisotopic (exact) mass is 323 g/mol. The van der Waals surface area contributed by atoms with E-state index >= 15 is 0 Å². The second kappa shape index (κ2) is 7.43. The van der Waals surface area contributed by atoms with Crippen molar-refractivity contribution in [2.45, 2.75) is 18.8 Å². The Morgan fingerprint density at radius 1 is 1.17 bits per heavy atom. The van der Waals surface area contributed by atoms with Gasteiger partial charge in [-0.1, -0.05) is 54.6 Å². The molecule has 1 aliphatic carbocycles. The normalized spacial score (nSPS) is 18.9. The molecule has 0 spiro atoms. The third kappa shape index (κ3) is 3.73. The van der Waals surface area contributed by atoms with E-state index < -0.39 is 0 Å². The SMILES string of the molecule is C=CCN(CCc1ccccc1)C(=O)C1CC1c1ccccc1F. The minimum absolute atomic E-state index is 0.0164. The van der Waals surface area contributed by atoms with Crippen LogP contribution in [0.25, 0.3) is 0 Å². The maximum Gasteiger partial charge on any atom is 0.226 e. The molecule has 24 heavy (non-hydrogen) atoms. The van der Waals surface area contributed by atoms with Crippen LogP contribution in [0, 0.1) is 11.7 Å². The molecular weight excluding hydrogens is 301 g/mol. The van der Waals surface area contributed by atoms with Crippen LogP contribution in [0.1, 0.15) is 23.5 Å². The lowest BCUT2D eigenvalue weighted by molar-refractivity contribution is -0.132. The zero-order chi connectivity index (χ0) is 16.9. The summed E-state index contributed by atoms with van der Waals surface area (Å²) in [5.41, 5.74) is 1.87. The fourth-order valence-corrected chi connectivity index (χ4v) is 3.18. The lowest BCUT2D eigenvalue weighted by Gasteiger charge is -2.21. The molecule has 3 heteroatoms. The average molecular weight is 323 g/mol. The molecule has 0 N–H and O–H groups in total. The van der Waals surface area contributed by atoms with Gasteiger partial charge >= 0.3 is 0 Å². The van der Waals surface area contributed by atoms with Gasteiger partial charge in [-0.2, -0.15) is 0 Å². The van der Waals surface area contributed by atoms with E-state index in [1.54, 1.807) is 18.2 Å². The Bertz CT molecular complexity index is 713. The molecule has 2 aromatic carbocycles. The third-order valence-corrected chi connectivity index (χ3v) is 4.59. The van der Waals surface area contributed by atoms with Gasteiger partial charge in [-0.25, -0.2) is 4.39 Å². The number of amides is 1. The Hall–Kier alpha value is -2.42. The van der Waals surface area contributed by atoms with Crippen LogP contribution in [-0.2, 0) is 11.2 Å². The molecule has 1 saturated carbocycles. The number of hydrogen-bond donors (Lipinski definition) is 0. The average Bonchev–Trinajstić information content (AvgIpc) is 3.40. The molecule has 0 aromatic heterocycles. The van der Waals surface area contributed by atoms with Gasteiger partial charge in [0.2, 0.25) is 5.91 Å². The van der Waals surface area contributed by atoms with E-state index in [1.165, 1.54) is 11.6 Å². The molecule has 0 aliphatic heterocycles. The van der Waals surface area contributed by atoms with Gasteiger partial charge in [0, 0.05) is 19.0 Å². The molecule has 0 heterocycles. The van der Waals surface area contributed by atoms with Gasteiger partial charge in [0.1, 0.15) is 5.82 Å². The van der Waals surface area contributed by atoms with E-state index in [2.05, 4.69) is 18.7 Å². The van der Waals surface area contributed by atoms with Crippen LogP contribution in [0.4, 0.5) is 4.39 Å². The van der Waals surface area contributed by atoms with Crippen LogP contribution in [-0.4, -0.2) is 23.9 Å². The molecule has 2 atom stereocenters. The van der Waals surface area contributed by atoms with Crippen LogP contribution < -0.4 is 0 Å². The lowest BCUT2D eigenvalue weighted by Crippen LogP contribution is -2.34. The number of rotatable bonds is 7. The van der Waals surface area contributed by atoms with Crippen LogP contribution >= 0.6 is 0 Å². The van der Waals surface area contributed by atoms with Crippen molar-refractivity contribution in [3.05, 3.63) is 84.2 Å². The first-order valence-corrected chi connectivity index (χ1v) is 8.38. The molecule has 2 aromatic rings. The number of hydrogen-bond acceptors (Lipinski definition) is 1. The first-order chi connectivity index (χ1) is 11.7. The number of nitrogens with zero attached hydrogens (tertiary/aromatic N) is 1. The third-order valence-electron chi connectivity index (χ3n) is 4.59. The molecule has 124 valence electrons. The summed E-state index contributed by atoms with van der Waals surface area (Å²) in [4.78, 5) is 14.6. The Kier molecular flexibility index (Phi) is 5.09. The summed E-state index contributed by atoms with van der Waals surface area (Å²) in [6.07, 6.45) is 3.31. The largest absolute Gasteiger partial charge is 0.338 e. The number of benzene rings is 2.